The van der Waals surface area contributed by atoms with Gasteiger partial charge in [0.25, 0.3) is 17.4 Å². The predicted molar refractivity (Wildman–Crippen MR) is 90.7 cm³/mol. The molecule has 3 rings (SSSR count). The number of piperidine rings is 1. The van der Waals surface area contributed by atoms with Crippen molar-refractivity contribution < 1.29 is 14.4 Å². The number of aromatic nitrogens is 2. The van der Waals surface area contributed by atoms with Crippen LogP contribution in [0, 0.1) is 0 Å². The number of rotatable bonds is 1. The second kappa shape index (κ2) is 5.82. The Kier molecular flexibility index (Phi) is 4.01. The third-order valence-corrected chi connectivity index (χ3v) is 5.54. The molecule has 10 heteroatoms. The second-order valence-corrected chi connectivity index (χ2v) is 6.80. The van der Waals surface area contributed by atoms with Crippen LogP contribution in [-0.4, -0.2) is 74.4 Å². The van der Waals surface area contributed by atoms with E-state index in [-0.39, 0.29) is 30.7 Å². The molecule has 2 fully saturated rings. The van der Waals surface area contributed by atoms with Crippen molar-refractivity contribution in [1.29, 1.82) is 0 Å². The van der Waals surface area contributed by atoms with Crippen molar-refractivity contribution in [1.82, 2.24) is 23.8 Å². The molecule has 1 spiro atoms. The quantitative estimate of drug-likeness (QED) is 0.570. The Morgan fingerprint density at radius 3 is 2.04 bits per heavy atom. The summed E-state index contributed by atoms with van der Waals surface area (Å²) in [5, 5.41) is 0. The van der Waals surface area contributed by atoms with Gasteiger partial charge in [-0.3, -0.25) is 28.4 Å². The number of hydrogen-bond acceptors (Lipinski definition) is 5. The van der Waals surface area contributed by atoms with Crippen molar-refractivity contribution in [2.45, 2.75) is 18.4 Å². The number of likely N-dealkylation sites (tertiary alicyclic amines) is 1. The number of carbonyl (C=O) groups is 3. The van der Waals surface area contributed by atoms with E-state index in [9.17, 15) is 24.0 Å². The molecular weight excluding hydrogens is 342 g/mol. The molecule has 2 aliphatic rings. The van der Waals surface area contributed by atoms with Crippen molar-refractivity contribution >= 4 is 17.8 Å². The molecule has 3 heterocycles. The molecule has 0 unspecified atom stereocenters. The minimum absolute atomic E-state index is 0.00773. The minimum Gasteiger partial charge on any atom is -0.337 e. The van der Waals surface area contributed by atoms with E-state index in [1.807, 2.05) is 0 Å². The fourth-order valence-electron chi connectivity index (χ4n) is 3.68. The van der Waals surface area contributed by atoms with Crippen molar-refractivity contribution in [2.75, 3.05) is 27.2 Å². The van der Waals surface area contributed by atoms with Crippen LogP contribution < -0.4 is 11.2 Å². The Labute approximate surface area is 149 Å². The van der Waals surface area contributed by atoms with Gasteiger partial charge in [0, 0.05) is 47.3 Å². The molecule has 10 nitrogen and oxygen atoms in total. The summed E-state index contributed by atoms with van der Waals surface area (Å²) < 4.78 is 2.06. The summed E-state index contributed by atoms with van der Waals surface area (Å²) in [7, 11) is 5.82. The van der Waals surface area contributed by atoms with E-state index in [4.69, 9.17) is 0 Å². The maximum atomic E-state index is 12.8. The molecule has 0 aliphatic carbocycles. The summed E-state index contributed by atoms with van der Waals surface area (Å²) in [6.45, 7) is 0.499. The number of urea groups is 1. The highest BCUT2D eigenvalue weighted by Crippen LogP contribution is 2.35. The standard InChI is InChI=1S/C16H21N5O5/c1-17-10(9-11(22)18(2)14(17)25)12(23)21-7-5-16(6-8-21)13(24)19(3)15(26)20(16)4/h9H,5-8H2,1-4H3. The van der Waals surface area contributed by atoms with Gasteiger partial charge in [-0.05, 0) is 12.8 Å². The monoisotopic (exact) mass is 363 g/mol. The van der Waals surface area contributed by atoms with Crippen LogP contribution in [0.5, 0.6) is 0 Å². The van der Waals surface area contributed by atoms with Gasteiger partial charge >= 0.3 is 11.7 Å². The molecule has 0 atom stereocenters. The second-order valence-electron chi connectivity index (χ2n) is 6.80. The van der Waals surface area contributed by atoms with Crippen LogP contribution in [0.4, 0.5) is 4.79 Å². The predicted octanol–water partition coefficient (Wildman–Crippen LogP) is -1.42. The number of nitrogens with zero attached hydrogens (tertiary/aromatic N) is 5. The SMILES string of the molecule is CN1C(=O)N(C)C2(CCN(C(=O)c3cc(=O)n(C)c(=O)n3C)CC2)C1=O. The molecule has 0 aromatic carbocycles. The normalized spacial score (nSPS) is 19.6. The van der Waals surface area contributed by atoms with E-state index in [0.29, 0.717) is 12.8 Å². The van der Waals surface area contributed by atoms with Gasteiger partial charge in [0.05, 0.1) is 0 Å². The Morgan fingerprint density at radius 1 is 0.962 bits per heavy atom. The molecule has 2 saturated heterocycles. The fraction of sp³-hybridized carbons (Fsp3) is 0.562. The van der Waals surface area contributed by atoms with Gasteiger partial charge in [-0.1, -0.05) is 0 Å². The van der Waals surface area contributed by atoms with Crippen molar-refractivity contribution in [3.05, 3.63) is 32.6 Å². The summed E-state index contributed by atoms with van der Waals surface area (Å²) in [6.07, 6.45) is 0.617. The average Bonchev–Trinajstić information content (AvgIpc) is 2.79. The highest BCUT2D eigenvalue weighted by atomic mass is 16.2. The van der Waals surface area contributed by atoms with E-state index < -0.39 is 22.7 Å². The summed E-state index contributed by atoms with van der Waals surface area (Å²) in [6, 6.07) is 0.780. The third kappa shape index (κ3) is 2.28. The van der Waals surface area contributed by atoms with Crippen molar-refractivity contribution in [3.63, 3.8) is 0 Å². The molecule has 140 valence electrons. The Morgan fingerprint density at radius 2 is 1.54 bits per heavy atom. The lowest BCUT2D eigenvalue weighted by Crippen LogP contribution is -2.56. The molecule has 0 radical (unpaired) electrons. The van der Waals surface area contributed by atoms with Gasteiger partial charge in [0.2, 0.25) is 0 Å². The Balaban J connectivity index is 1.85. The molecule has 1 aromatic heterocycles. The molecule has 4 amide bonds. The molecule has 0 bridgehead atoms. The van der Waals surface area contributed by atoms with Crippen molar-refractivity contribution in [2.24, 2.45) is 14.1 Å². The summed E-state index contributed by atoms with van der Waals surface area (Å²) in [4.78, 5) is 65.2. The van der Waals surface area contributed by atoms with Crippen LogP contribution in [0.25, 0.3) is 0 Å². The topological polar surface area (TPSA) is 105 Å². The van der Waals surface area contributed by atoms with E-state index in [2.05, 4.69) is 0 Å². The summed E-state index contributed by atoms with van der Waals surface area (Å²) >= 11 is 0. The lowest BCUT2D eigenvalue weighted by Gasteiger charge is -2.40. The first-order valence-electron chi connectivity index (χ1n) is 8.24. The molecule has 0 N–H and O–H groups in total. The molecule has 1 aromatic rings. The number of hydrogen-bond donors (Lipinski definition) is 0. The zero-order valence-corrected chi connectivity index (χ0v) is 15.2. The third-order valence-electron chi connectivity index (χ3n) is 5.54. The lowest BCUT2D eigenvalue weighted by molar-refractivity contribution is -0.134. The van der Waals surface area contributed by atoms with Crippen LogP contribution in [-0.2, 0) is 18.9 Å². The Hall–Kier alpha value is -2.91. The van der Waals surface area contributed by atoms with Crippen molar-refractivity contribution in [3.8, 4) is 0 Å². The maximum absolute atomic E-state index is 12.8. The lowest BCUT2D eigenvalue weighted by atomic mass is 9.86. The fourth-order valence-corrected chi connectivity index (χ4v) is 3.68. The van der Waals surface area contributed by atoms with E-state index in [1.54, 1.807) is 7.05 Å². The first-order chi connectivity index (χ1) is 12.1. The summed E-state index contributed by atoms with van der Waals surface area (Å²) in [5.74, 6) is -0.706. The molecule has 2 aliphatic heterocycles. The maximum Gasteiger partial charge on any atom is 0.331 e. The van der Waals surface area contributed by atoms with Crippen LogP contribution in [0.3, 0.4) is 0 Å². The Bertz CT molecular complexity index is 922. The number of amides is 4. The highest BCUT2D eigenvalue weighted by Gasteiger charge is 2.55. The van der Waals surface area contributed by atoms with Gasteiger partial charge in [-0.25, -0.2) is 9.59 Å². The first-order valence-corrected chi connectivity index (χ1v) is 8.24. The van der Waals surface area contributed by atoms with Gasteiger partial charge in [-0.15, -0.1) is 0 Å². The summed E-state index contributed by atoms with van der Waals surface area (Å²) in [5.41, 5.74) is -2.05. The smallest absolute Gasteiger partial charge is 0.331 e. The molecular formula is C16H21N5O5. The zero-order valence-electron chi connectivity index (χ0n) is 15.2. The first kappa shape index (κ1) is 17.9. The largest absolute Gasteiger partial charge is 0.337 e. The van der Waals surface area contributed by atoms with E-state index in [1.165, 1.54) is 30.9 Å². The number of carbonyl (C=O) groups excluding carboxylic acids is 3. The van der Waals surface area contributed by atoms with Crippen LogP contribution in [0.1, 0.15) is 23.3 Å². The molecule has 0 saturated carbocycles. The minimum atomic E-state index is -0.929. The van der Waals surface area contributed by atoms with Gasteiger partial charge in [0.1, 0.15) is 11.2 Å². The molecule has 26 heavy (non-hydrogen) atoms. The van der Waals surface area contributed by atoms with Gasteiger partial charge in [-0.2, -0.15) is 0 Å². The number of likely N-dealkylation sites (N-methyl/N-ethyl adjacent to an activating group) is 2. The van der Waals surface area contributed by atoms with Gasteiger partial charge < -0.3 is 9.80 Å². The van der Waals surface area contributed by atoms with Crippen LogP contribution in [0.15, 0.2) is 15.7 Å². The highest BCUT2D eigenvalue weighted by molar-refractivity contribution is 6.06. The van der Waals surface area contributed by atoms with Crippen LogP contribution >= 0.6 is 0 Å². The van der Waals surface area contributed by atoms with E-state index in [0.717, 1.165) is 20.1 Å². The van der Waals surface area contributed by atoms with E-state index >= 15 is 0 Å². The average molecular weight is 363 g/mol. The van der Waals surface area contributed by atoms with Gasteiger partial charge in [0.15, 0.2) is 0 Å². The van der Waals surface area contributed by atoms with Crippen LogP contribution in [0.2, 0.25) is 0 Å². The number of imide groups is 1. The zero-order chi connectivity index (χ0) is 19.4.